The van der Waals surface area contributed by atoms with Crippen LogP contribution in [0, 0.1) is 23.7 Å². The molecule has 2 saturated carbocycles. The van der Waals surface area contributed by atoms with Gasteiger partial charge in [0.25, 0.3) is 0 Å². The Morgan fingerprint density at radius 1 is 0.562 bits per heavy atom. The van der Waals surface area contributed by atoms with E-state index in [4.69, 9.17) is 9.47 Å². The van der Waals surface area contributed by atoms with Crippen molar-refractivity contribution in [2.24, 2.45) is 23.7 Å². The number of unbranched alkanes of at least 4 members (excludes halogenated alkanes) is 2. The van der Waals surface area contributed by atoms with Crippen LogP contribution in [0.3, 0.4) is 0 Å². The van der Waals surface area contributed by atoms with Gasteiger partial charge in [-0.25, -0.2) is 0 Å². The first-order chi connectivity index (χ1) is 15.8. The summed E-state index contributed by atoms with van der Waals surface area (Å²) in [6.45, 7) is 6.34. The summed E-state index contributed by atoms with van der Waals surface area (Å²) in [5, 5.41) is 0. The van der Waals surface area contributed by atoms with Gasteiger partial charge in [0.1, 0.15) is 11.5 Å². The number of ether oxygens (including phenoxy) is 2. The Kier molecular flexibility index (Phi) is 11.8. The summed E-state index contributed by atoms with van der Waals surface area (Å²) in [5.74, 6) is 5.64. The molecule has 2 aliphatic carbocycles. The maximum absolute atomic E-state index is 6.11. The number of hydrogen-bond acceptors (Lipinski definition) is 2. The molecule has 0 aromatic heterocycles. The molecule has 0 amide bonds. The molecule has 2 fully saturated rings. The molecule has 2 aliphatic rings. The van der Waals surface area contributed by atoms with Crippen LogP contribution in [0.5, 0.6) is 11.5 Å². The highest BCUT2D eigenvalue weighted by Gasteiger charge is 2.22. The quantitative estimate of drug-likeness (QED) is 0.267. The summed E-state index contributed by atoms with van der Waals surface area (Å²) in [6.07, 6.45) is 22.2. The predicted octanol–water partition coefficient (Wildman–Crippen LogP) is 9.22. The largest absolute Gasteiger partial charge is 0.494 e. The van der Waals surface area contributed by atoms with Crippen LogP contribution >= 0.6 is 0 Å². The van der Waals surface area contributed by atoms with E-state index in [2.05, 4.69) is 38.1 Å². The van der Waals surface area contributed by atoms with E-state index in [1.54, 1.807) is 0 Å². The van der Waals surface area contributed by atoms with Crippen LogP contribution in [0.15, 0.2) is 24.3 Å². The standard InChI is InChI=1S/C30H50O2/c1-3-5-6-9-26-15-17-28(18-16-26)24-32-30-21-19-29(20-22-30)31-23-7-10-27-13-11-25(8-4-2)12-14-27/h19-22,25-28H,3-18,23-24H2,1-2H3/t25-,26-,27-,28-. The Labute approximate surface area is 198 Å². The van der Waals surface area contributed by atoms with Crippen molar-refractivity contribution in [2.75, 3.05) is 13.2 Å². The SMILES string of the molecule is CCCCC[C@H]1CC[C@H](COc2ccc(OCCC[C@H]3CC[C@H](CCC)CC3)cc2)CC1. The van der Waals surface area contributed by atoms with Crippen molar-refractivity contribution in [2.45, 2.75) is 117 Å². The molecule has 0 N–H and O–H groups in total. The van der Waals surface area contributed by atoms with Crippen molar-refractivity contribution in [1.82, 2.24) is 0 Å². The van der Waals surface area contributed by atoms with E-state index in [1.807, 2.05) is 0 Å². The van der Waals surface area contributed by atoms with Gasteiger partial charge in [-0.1, -0.05) is 90.9 Å². The van der Waals surface area contributed by atoms with Crippen molar-refractivity contribution < 1.29 is 9.47 Å². The summed E-state index contributed by atoms with van der Waals surface area (Å²) in [4.78, 5) is 0. The van der Waals surface area contributed by atoms with Crippen molar-refractivity contribution in [3.63, 3.8) is 0 Å². The Morgan fingerprint density at radius 2 is 1.06 bits per heavy atom. The maximum atomic E-state index is 6.11. The summed E-state index contributed by atoms with van der Waals surface area (Å²) in [6, 6.07) is 8.33. The van der Waals surface area contributed by atoms with Gasteiger partial charge in [0.2, 0.25) is 0 Å². The molecular formula is C30H50O2. The van der Waals surface area contributed by atoms with Gasteiger partial charge in [0.15, 0.2) is 0 Å². The van der Waals surface area contributed by atoms with E-state index >= 15 is 0 Å². The van der Waals surface area contributed by atoms with Crippen molar-refractivity contribution in [1.29, 1.82) is 0 Å². The Morgan fingerprint density at radius 3 is 1.62 bits per heavy atom. The predicted molar refractivity (Wildman–Crippen MR) is 137 cm³/mol. The van der Waals surface area contributed by atoms with E-state index in [-0.39, 0.29) is 0 Å². The third-order valence-corrected chi connectivity index (χ3v) is 8.18. The molecule has 0 spiro atoms. The van der Waals surface area contributed by atoms with E-state index in [1.165, 1.54) is 103 Å². The van der Waals surface area contributed by atoms with Crippen LogP contribution in [0.2, 0.25) is 0 Å². The fourth-order valence-electron chi connectivity index (χ4n) is 6.00. The lowest BCUT2D eigenvalue weighted by Crippen LogP contribution is -2.20. The van der Waals surface area contributed by atoms with Crippen molar-refractivity contribution in [3.8, 4) is 11.5 Å². The second-order valence-electron chi connectivity index (χ2n) is 10.8. The molecule has 0 bridgehead atoms. The van der Waals surface area contributed by atoms with Gasteiger partial charge in [-0.3, -0.25) is 0 Å². The summed E-state index contributed by atoms with van der Waals surface area (Å²) < 4.78 is 12.1. The molecule has 0 radical (unpaired) electrons. The molecule has 3 rings (SSSR count). The zero-order chi connectivity index (χ0) is 22.4. The average Bonchev–Trinajstić information content (AvgIpc) is 2.83. The van der Waals surface area contributed by atoms with Crippen molar-refractivity contribution >= 4 is 0 Å². The Balaban J connectivity index is 1.23. The molecule has 0 heterocycles. The van der Waals surface area contributed by atoms with Crippen LogP contribution in [0.25, 0.3) is 0 Å². The van der Waals surface area contributed by atoms with Crippen LogP contribution in [-0.4, -0.2) is 13.2 Å². The molecule has 0 unspecified atom stereocenters. The highest BCUT2D eigenvalue weighted by atomic mass is 16.5. The Bertz CT molecular complexity index is 579. The second-order valence-corrected chi connectivity index (χ2v) is 10.8. The first kappa shape index (κ1) is 25.4. The van der Waals surface area contributed by atoms with Crippen LogP contribution < -0.4 is 9.47 Å². The molecule has 2 heteroatoms. The zero-order valence-corrected chi connectivity index (χ0v) is 21.2. The van der Waals surface area contributed by atoms with Gasteiger partial charge >= 0.3 is 0 Å². The lowest BCUT2D eigenvalue weighted by molar-refractivity contribution is 0.177. The fraction of sp³-hybridized carbons (Fsp3) is 0.800. The normalized spacial score (nSPS) is 26.1. The fourth-order valence-corrected chi connectivity index (χ4v) is 6.00. The molecule has 2 nitrogen and oxygen atoms in total. The number of benzene rings is 1. The number of rotatable bonds is 14. The van der Waals surface area contributed by atoms with E-state index in [0.29, 0.717) is 0 Å². The highest BCUT2D eigenvalue weighted by molar-refractivity contribution is 5.31. The lowest BCUT2D eigenvalue weighted by atomic mass is 9.78. The molecule has 0 atom stereocenters. The van der Waals surface area contributed by atoms with Crippen LogP contribution in [0.1, 0.15) is 117 Å². The van der Waals surface area contributed by atoms with Crippen LogP contribution in [0.4, 0.5) is 0 Å². The van der Waals surface area contributed by atoms with E-state index < -0.39 is 0 Å². The first-order valence-electron chi connectivity index (χ1n) is 14.1. The minimum atomic E-state index is 0.741. The highest BCUT2D eigenvalue weighted by Crippen LogP contribution is 2.34. The summed E-state index contributed by atoms with van der Waals surface area (Å²) in [7, 11) is 0. The topological polar surface area (TPSA) is 18.5 Å². The van der Waals surface area contributed by atoms with Gasteiger partial charge in [-0.05, 0) is 73.6 Å². The molecule has 0 saturated heterocycles. The molecule has 32 heavy (non-hydrogen) atoms. The lowest BCUT2D eigenvalue weighted by Gasteiger charge is -2.28. The van der Waals surface area contributed by atoms with Gasteiger partial charge in [0, 0.05) is 0 Å². The van der Waals surface area contributed by atoms with Gasteiger partial charge < -0.3 is 9.47 Å². The van der Waals surface area contributed by atoms with Crippen molar-refractivity contribution in [3.05, 3.63) is 24.3 Å². The smallest absolute Gasteiger partial charge is 0.119 e. The number of hydrogen-bond donors (Lipinski definition) is 0. The molecular weight excluding hydrogens is 392 g/mol. The van der Waals surface area contributed by atoms with Crippen LogP contribution in [-0.2, 0) is 0 Å². The van der Waals surface area contributed by atoms with E-state index in [9.17, 15) is 0 Å². The zero-order valence-electron chi connectivity index (χ0n) is 21.2. The summed E-state index contributed by atoms with van der Waals surface area (Å²) in [5.41, 5.74) is 0. The van der Waals surface area contributed by atoms with Gasteiger partial charge in [0.05, 0.1) is 13.2 Å². The monoisotopic (exact) mass is 442 g/mol. The molecule has 182 valence electrons. The minimum absolute atomic E-state index is 0.741. The third kappa shape index (κ3) is 9.36. The molecule has 0 aliphatic heterocycles. The average molecular weight is 443 g/mol. The van der Waals surface area contributed by atoms with E-state index in [0.717, 1.165) is 48.4 Å². The summed E-state index contributed by atoms with van der Waals surface area (Å²) >= 11 is 0. The molecule has 1 aromatic rings. The third-order valence-electron chi connectivity index (χ3n) is 8.18. The maximum Gasteiger partial charge on any atom is 0.119 e. The van der Waals surface area contributed by atoms with Gasteiger partial charge in [-0.2, -0.15) is 0 Å². The Hall–Kier alpha value is -1.18. The second kappa shape index (κ2) is 14.9. The minimum Gasteiger partial charge on any atom is -0.494 e. The molecule has 1 aromatic carbocycles. The first-order valence-corrected chi connectivity index (χ1v) is 14.1. The van der Waals surface area contributed by atoms with Gasteiger partial charge in [-0.15, -0.1) is 0 Å².